The van der Waals surface area contributed by atoms with Crippen molar-refractivity contribution in [3.05, 3.63) is 69.1 Å². The first-order chi connectivity index (χ1) is 14.3. The van der Waals surface area contributed by atoms with E-state index in [9.17, 15) is 18.0 Å². The Hall–Kier alpha value is -3.17. The largest absolute Gasteiger partial charge is 0.496 e. The molecule has 8 nitrogen and oxygen atoms in total. The number of methoxy groups -OCH3 is 1. The summed E-state index contributed by atoms with van der Waals surface area (Å²) in [5, 5.41) is 5.84. The zero-order chi connectivity index (χ0) is 21.5. The van der Waals surface area contributed by atoms with Crippen molar-refractivity contribution in [3.8, 4) is 5.75 Å². The predicted molar refractivity (Wildman–Crippen MR) is 108 cm³/mol. The zero-order valence-electron chi connectivity index (χ0n) is 16.1. The fourth-order valence-corrected chi connectivity index (χ4v) is 4.20. The van der Waals surface area contributed by atoms with Crippen LogP contribution in [0.25, 0.3) is 11.0 Å². The molecule has 1 aliphatic carbocycles. The van der Waals surface area contributed by atoms with E-state index in [1.807, 2.05) is 12.1 Å². The lowest BCUT2D eigenvalue weighted by molar-refractivity contribution is 0.0470. The van der Waals surface area contributed by atoms with Crippen molar-refractivity contribution in [1.82, 2.24) is 0 Å². The van der Waals surface area contributed by atoms with Crippen molar-refractivity contribution < 1.29 is 27.1 Å². The van der Waals surface area contributed by atoms with E-state index in [4.69, 9.17) is 19.0 Å². The molecule has 2 aromatic carbocycles. The second-order valence-electron chi connectivity index (χ2n) is 7.04. The minimum absolute atomic E-state index is 0.0859. The van der Waals surface area contributed by atoms with E-state index in [2.05, 4.69) is 0 Å². The number of rotatable bonds is 5. The summed E-state index contributed by atoms with van der Waals surface area (Å²) in [7, 11) is -2.66. The molecule has 156 valence electrons. The number of carbonyl (C=O) groups excluding carboxylic acids is 1. The molecule has 0 saturated heterocycles. The summed E-state index contributed by atoms with van der Waals surface area (Å²) in [6.07, 6.45) is 2.93. The van der Waals surface area contributed by atoms with Crippen LogP contribution in [0, 0.1) is 0 Å². The Labute approximate surface area is 172 Å². The number of aryl methyl sites for hydroxylation is 2. The third-order valence-electron chi connectivity index (χ3n) is 5.12. The number of hydrogen-bond donors (Lipinski definition) is 1. The van der Waals surface area contributed by atoms with Gasteiger partial charge in [-0.05, 0) is 60.7 Å². The summed E-state index contributed by atoms with van der Waals surface area (Å²) in [5.74, 6) is -0.664. The fourth-order valence-electron chi connectivity index (χ4n) is 3.66. The van der Waals surface area contributed by atoms with Crippen LogP contribution in [-0.4, -0.2) is 21.5 Å². The molecule has 3 aromatic rings. The molecular formula is C21H19NO7S. The molecule has 0 unspecified atom stereocenters. The van der Waals surface area contributed by atoms with Gasteiger partial charge in [-0.25, -0.2) is 23.1 Å². The molecule has 1 aliphatic rings. The number of esters is 1. The lowest BCUT2D eigenvalue weighted by Gasteiger charge is -2.11. The van der Waals surface area contributed by atoms with Crippen molar-refractivity contribution in [2.45, 2.75) is 30.8 Å². The minimum atomic E-state index is -4.01. The number of ether oxygens (including phenoxy) is 2. The molecule has 0 saturated carbocycles. The van der Waals surface area contributed by atoms with E-state index in [0.717, 1.165) is 30.9 Å². The monoisotopic (exact) mass is 429 g/mol. The van der Waals surface area contributed by atoms with E-state index < -0.39 is 21.6 Å². The quantitative estimate of drug-likeness (QED) is 0.487. The van der Waals surface area contributed by atoms with Gasteiger partial charge in [0, 0.05) is 17.0 Å². The molecule has 2 N–H and O–H groups in total. The molecule has 0 fully saturated rings. The van der Waals surface area contributed by atoms with Crippen molar-refractivity contribution in [3.63, 3.8) is 0 Å². The summed E-state index contributed by atoms with van der Waals surface area (Å²) >= 11 is 0. The molecule has 9 heteroatoms. The highest BCUT2D eigenvalue weighted by Gasteiger charge is 2.20. The van der Waals surface area contributed by atoms with Crippen LogP contribution in [-0.2, 0) is 34.2 Å². The SMILES string of the molecule is COc1ccc(S(N)(=O)=O)cc1C(=O)OCc1cc(=O)oc2cc3c(cc12)CCC3. The van der Waals surface area contributed by atoms with Crippen LogP contribution in [0.5, 0.6) is 5.75 Å². The van der Waals surface area contributed by atoms with Gasteiger partial charge in [-0.3, -0.25) is 0 Å². The molecule has 4 rings (SSSR count). The molecule has 0 atom stereocenters. The lowest BCUT2D eigenvalue weighted by Crippen LogP contribution is -2.14. The second kappa shape index (κ2) is 7.58. The van der Waals surface area contributed by atoms with E-state index in [1.165, 1.54) is 30.9 Å². The Balaban J connectivity index is 1.66. The van der Waals surface area contributed by atoms with Gasteiger partial charge in [0.05, 0.1) is 12.0 Å². The number of hydrogen-bond acceptors (Lipinski definition) is 7. The Bertz CT molecular complexity index is 1330. The van der Waals surface area contributed by atoms with E-state index in [1.54, 1.807) is 0 Å². The van der Waals surface area contributed by atoms with Crippen LogP contribution in [0.4, 0.5) is 0 Å². The Morgan fingerprint density at radius 3 is 2.57 bits per heavy atom. The summed E-state index contributed by atoms with van der Waals surface area (Å²) < 4.78 is 39.0. The van der Waals surface area contributed by atoms with Gasteiger partial charge >= 0.3 is 11.6 Å². The summed E-state index contributed by atoms with van der Waals surface area (Å²) in [5.41, 5.74) is 2.67. The normalized spacial score (nSPS) is 13.3. The molecule has 0 aliphatic heterocycles. The molecule has 0 amide bonds. The summed E-state index contributed by atoms with van der Waals surface area (Å²) in [4.78, 5) is 24.4. The van der Waals surface area contributed by atoms with Crippen LogP contribution in [0.15, 0.2) is 50.5 Å². The molecule has 30 heavy (non-hydrogen) atoms. The number of benzene rings is 2. The van der Waals surface area contributed by atoms with Gasteiger partial charge in [0.1, 0.15) is 23.5 Å². The van der Waals surface area contributed by atoms with Crippen LogP contribution in [0.1, 0.15) is 33.5 Å². The Morgan fingerprint density at radius 1 is 1.13 bits per heavy atom. The second-order valence-corrected chi connectivity index (χ2v) is 8.61. The number of primary sulfonamides is 1. The van der Waals surface area contributed by atoms with Crippen LogP contribution >= 0.6 is 0 Å². The summed E-state index contributed by atoms with van der Waals surface area (Å²) in [6.45, 7) is -0.192. The average molecular weight is 429 g/mol. The zero-order valence-corrected chi connectivity index (χ0v) is 17.0. The highest BCUT2D eigenvalue weighted by atomic mass is 32.2. The minimum Gasteiger partial charge on any atom is -0.496 e. The molecule has 0 bridgehead atoms. The van der Waals surface area contributed by atoms with Gasteiger partial charge in [0.15, 0.2) is 0 Å². The maximum absolute atomic E-state index is 12.6. The van der Waals surface area contributed by atoms with Crippen LogP contribution < -0.4 is 15.5 Å². The number of carbonyl (C=O) groups is 1. The molecule has 0 spiro atoms. The van der Waals surface area contributed by atoms with Gasteiger partial charge in [-0.2, -0.15) is 0 Å². The van der Waals surface area contributed by atoms with Crippen molar-refractivity contribution in [2.24, 2.45) is 5.14 Å². The highest BCUT2D eigenvalue weighted by Crippen LogP contribution is 2.29. The predicted octanol–water partition coefficient (Wildman–Crippen LogP) is 2.29. The number of nitrogens with two attached hydrogens (primary N) is 1. The highest BCUT2D eigenvalue weighted by molar-refractivity contribution is 7.89. The molecule has 1 heterocycles. The van der Waals surface area contributed by atoms with E-state index in [0.29, 0.717) is 16.5 Å². The van der Waals surface area contributed by atoms with Gasteiger partial charge in [-0.15, -0.1) is 0 Å². The van der Waals surface area contributed by atoms with Gasteiger partial charge in [0.25, 0.3) is 0 Å². The molecular weight excluding hydrogens is 410 g/mol. The number of sulfonamides is 1. The smallest absolute Gasteiger partial charge is 0.342 e. The van der Waals surface area contributed by atoms with Crippen molar-refractivity contribution >= 4 is 27.0 Å². The van der Waals surface area contributed by atoms with E-state index >= 15 is 0 Å². The molecule has 1 aromatic heterocycles. The third-order valence-corrected chi connectivity index (χ3v) is 6.03. The van der Waals surface area contributed by atoms with Crippen LogP contribution in [0.2, 0.25) is 0 Å². The lowest BCUT2D eigenvalue weighted by atomic mass is 10.0. The van der Waals surface area contributed by atoms with E-state index in [-0.39, 0.29) is 22.8 Å². The fraction of sp³-hybridized carbons (Fsp3) is 0.238. The van der Waals surface area contributed by atoms with Crippen molar-refractivity contribution in [2.75, 3.05) is 7.11 Å². The maximum Gasteiger partial charge on any atom is 0.342 e. The van der Waals surface area contributed by atoms with Crippen molar-refractivity contribution in [1.29, 1.82) is 0 Å². The van der Waals surface area contributed by atoms with Gasteiger partial charge in [-0.1, -0.05) is 0 Å². The first kappa shape index (κ1) is 20.1. The topological polar surface area (TPSA) is 126 Å². The Kier molecular flexibility index (Phi) is 5.08. The summed E-state index contributed by atoms with van der Waals surface area (Å²) in [6, 6.07) is 8.78. The standard InChI is InChI=1S/C21H19NO7S/c1-27-18-6-5-15(30(22,25)26)10-17(18)21(24)28-11-14-9-20(23)29-19-8-13-4-2-3-12(13)7-16(14)19/h5-10H,2-4,11H2,1H3,(H2,22,25,26). The van der Waals surface area contributed by atoms with Crippen LogP contribution in [0.3, 0.4) is 0 Å². The number of fused-ring (bicyclic) bond motifs is 2. The molecule has 0 radical (unpaired) electrons. The third kappa shape index (κ3) is 3.81. The average Bonchev–Trinajstić information content (AvgIpc) is 3.16. The first-order valence-electron chi connectivity index (χ1n) is 9.23. The Morgan fingerprint density at radius 2 is 1.87 bits per heavy atom. The van der Waals surface area contributed by atoms with Gasteiger partial charge < -0.3 is 13.9 Å². The maximum atomic E-state index is 12.6. The first-order valence-corrected chi connectivity index (χ1v) is 10.8. The van der Waals surface area contributed by atoms with Gasteiger partial charge in [0.2, 0.25) is 10.0 Å².